The van der Waals surface area contributed by atoms with Crippen LogP contribution in [0.2, 0.25) is 0 Å². The largest absolute Gasteiger partial charge is 0.343 e. The van der Waals surface area contributed by atoms with Gasteiger partial charge in [0.15, 0.2) is 24.7 Å². The van der Waals surface area contributed by atoms with Crippen molar-refractivity contribution in [3.8, 4) is 0 Å². The molecule has 3 rings (SSSR count). The highest BCUT2D eigenvalue weighted by Crippen LogP contribution is 2.29. The van der Waals surface area contributed by atoms with Gasteiger partial charge < -0.3 is 9.47 Å². The predicted octanol–water partition coefficient (Wildman–Crippen LogP) is 2.82. The van der Waals surface area contributed by atoms with Gasteiger partial charge in [-0.3, -0.25) is 0 Å². The van der Waals surface area contributed by atoms with E-state index in [1.54, 1.807) is 0 Å². The Kier molecular flexibility index (Phi) is 4.91. The van der Waals surface area contributed by atoms with Crippen LogP contribution >= 0.6 is 17.0 Å². The molecular formula is C16H19BrNO2+. The molecule has 1 aliphatic heterocycles. The average Bonchev–Trinajstić information content (AvgIpc) is 2.89. The smallest absolute Gasteiger partial charge is 0.197 e. The monoisotopic (exact) mass is 336 g/mol. The van der Waals surface area contributed by atoms with Crippen LogP contribution < -0.4 is 4.57 Å². The van der Waals surface area contributed by atoms with Crippen LogP contribution in [0.1, 0.15) is 18.1 Å². The first-order valence-corrected chi connectivity index (χ1v) is 6.58. The maximum absolute atomic E-state index is 5.70. The van der Waals surface area contributed by atoms with Crippen molar-refractivity contribution < 1.29 is 14.0 Å². The molecule has 0 amide bonds. The lowest BCUT2D eigenvalue weighted by atomic mass is 10.1. The first-order chi connectivity index (χ1) is 9.26. The topological polar surface area (TPSA) is 22.3 Å². The normalized spacial score (nSPS) is 16.6. The summed E-state index contributed by atoms with van der Waals surface area (Å²) in [6.07, 6.45) is 4.16. The lowest BCUT2D eigenvalue weighted by Crippen LogP contribution is -2.36. The lowest BCUT2D eigenvalue weighted by molar-refractivity contribution is -0.689. The van der Waals surface area contributed by atoms with Gasteiger partial charge >= 0.3 is 0 Å². The van der Waals surface area contributed by atoms with E-state index < -0.39 is 5.79 Å². The number of rotatable bonds is 3. The standard InChI is InChI=1S/C16H18NO2.BrH/c1-16(18-10-11-19-16)15-8-5-9-17(13-15)12-14-6-3-2-4-7-14;/h2-9,13H,10-12H2,1H3;1H/q+1;. The van der Waals surface area contributed by atoms with Gasteiger partial charge in [0.25, 0.3) is 0 Å². The second kappa shape index (κ2) is 6.48. The van der Waals surface area contributed by atoms with Gasteiger partial charge in [-0.05, 0) is 13.0 Å². The Morgan fingerprint density at radius 1 is 1.05 bits per heavy atom. The van der Waals surface area contributed by atoms with Crippen molar-refractivity contribution in [3.63, 3.8) is 0 Å². The molecule has 1 saturated heterocycles. The summed E-state index contributed by atoms with van der Waals surface area (Å²) in [6.45, 7) is 4.14. The van der Waals surface area contributed by atoms with Gasteiger partial charge in [-0.15, -0.1) is 17.0 Å². The van der Waals surface area contributed by atoms with E-state index in [2.05, 4.69) is 41.2 Å². The van der Waals surface area contributed by atoms with E-state index in [4.69, 9.17) is 9.47 Å². The highest BCUT2D eigenvalue weighted by Gasteiger charge is 2.34. The van der Waals surface area contributed by atoms with Crippen LogP contribution in [0.25, 0.3) is 0 Å². The van der Waals surface area contributed by atoms with Gasteiger partial charge in [-0.25, -0.2) is 4.57 Å². The fraction of sp³-hybridized carbons (Fsp3) is 0.312. The summed E-state index contributed by atoms with van der Waals surface area (Å²) >= 11 is 0. The van der Waals surface area contributed by atoms with Crippen LogP contribution in [0.5, 0.6) is 0 Å². The maximum atomic E-state index is 5.70. The number of benzene rings is 1. The Balaban J connectivity index is 0.00000147. The molecule has 2 heterocycles. The minimum atomic E-state index is -0.598. The number of hydrogen-bond acceptors (Lipinski definition) is 2. The van der Waals surface area contributed by atoms with Crippen LogP contribution in [-0.2, 0) is 21.8 Å². The van der Waals surface area contributed by atoms with Gasteiger partial charge in [-0.2, -0.15) is 0 Å². The molecule has 0 unspecified atom stereocenters. The third kappa shape index (κ3) is 3.26. The summed E-state index contributed by atoms with van der Waals surface area (Å²) in [5.74, 6) is -0.598. The minimum Gasteiger partial charge on any atom is -0.343 e. The molecule has 1 fully saturated rings. The molecule has 106 valence electrons. The summed E-state index contributed by atoms with van der Waals surface area (Å²) in [4.78, 5) is 0. The number of pyridine rings is 1. The van der Waals surface area contributed by atoms with Crippen LogP contribution in [0.4, 0.5) is 0 Å². The van der Waals surface area contributed by atoms with E-state index in [0.29, 0.717) is 13.2 Å². The lowest BCUT2D eigenvalue weighted by Gasteiger charge is -2.21. The number of aromatic nitrogens is 1. The quantitative estimate of drug-likeness (QED) is 0.804. The van der Waals surface area contributed by atoms with E-state index in [0.717, 1.165) is 12.1 Å². The van der Waals surface area contributed by atoms with E-state index >= 15 is 0 Å². The van der Waals surface area contributed by atoms with Crippen LogP contribution in [0.15, 0.2) is 54.9 Å². The van der Waals surface area contributed by atoms with Gasteiger partial charge in [0.1, 0.15) is 0 Å². The summed E-state index contributed by atoms with van der Waals surface area (Å²) in [5, 5.41) is 0. The zero-order valence-corrected chi connectivity index (χ0v) is 13.2. The fourth-order valence-electron chi connectivity index (χ4n) is 2.36. The summed E-state index contributed by atoms with van der Waals surface area (Å²) in [5.41, 5.74) is 2.34. The molecule has 0 N–H and O–H groups in total. The molecule has 0 atom stereocenters. The van der Waals surface area contributed by atoms with Crippen molar-refractivity contribution in [2.24, 2.45) is 0 Å². The third-order valence-electron chi connectivity index (χ3n) is 3.43. The Bertz CT molecular complexity index is 553. The van der Waals surface area contributed by atoms with Gasteiger partial charge in [0, 0.05) is 11.6 Å². The Labute approximate surface area is 129 Å². The van der Waals surface area contributed by atoms with Crippen LogP contribution in [0, 0.1) is 0 Å². The van der Waals surface area contributed by atoms with Crippen LogP contribution in [0.3, 0.4) is 0 Å². The first kappa shape index (κ1) is 15.2. The molecule has 20 heavy (non-hydrogen) atoms. The zero-order chi connectivity index (χ0) is 13.1. The summed E-state index contributed by atoms with van der Waals surface area (Å²) in [7, 11) is 0. The van der Waals surface area contributed by atoms with E-state index in [1.165, 1.54) is 5.56 Å². The minimum absolute atomic E-state index is 0. The number of ether oxygens (including phenoxy) is 2. The summed E-state index contributed by atoms with van der Waals surface area (Å²) in [6, 6.07) is 14.5. The number of hydrogen-bond donors (Lipinski definition) is 0. The Morgan fingerprint density at radius 2 is 1.75 bits per heavy atom. The Morgan fingerprint density at radius 3 is 2.45 bits per heavy atom. The highest BCUT2D eigenvalue weighted by molar-refractivity contribution is 8.93. The molecule has 3 nitrogen and oxygen atoms in total. The Hall–Kier alpha value is -1.23. The second-order valence-electron chi connectivity index (χ2n) is 4.89. The zero-order valence-electron chi connectivity index (χ0n) is 11.5. The summed E-state index contributed by atoms with van der Waals surface area (Å²) < 4.78 is 13.5. The number of nitrogens with zero attached hydrogens (tertiary/aromatic N) is 1. The molecule has 0 saturated carbocycles. The van der Waals surface area contributed by atoms with Crippen molar-refractivity contribution >= 4 is 17.0 Å². The molecule has 1 aromatic heterocycles. The molecular weight excluding hydrogens is 318 g/mol. The van der Waals surface area contributed by atoms with Crippen molar-refractivity contribution in [2.45, 2.75) is 19.3 Å². The molecule has 0 radical (unpaired) electrons. The SMILES string of the molecule is Br.CC1(c2ccc[n+](Cc3ccccc3)c2)OCCO1. The van der Waals surface area contributed by atoms with Gasteiger partial charge in [-0.1, -0.05) is 30.3 Å². The van der Waals surface area contributed by atoms with Crippen molar-refractivity contribution in [1.29, 1.82) is 0 Å². The van der Waals surface area contributed by atoms with Gasteiger partial charge in [0.05, 0.1) is 18.8 Å². The van der Waals surface area contributed by atoms with Crippen molar-refractivity contribution in [1.82, 2.24) is 0 Å². The molecule has 2 aromatic rings. The van der Waals surface area contributed by atoms with E-state index in [1.807, 2.05) is 25.1 Å². The number of halogens is 1. The van der Waals surface area contributed by atoms with Crippen molar-refractivity contribution in [3.05, 3.63) is 66.0 Å². The maximum Gasteiger partial charge on any atom is 0.197 e. The molecule has 0 spiro atoms. The van der Waals surface area contributed by atoms with E-state index in [9.17, 15) is 0 Å². The molecule has 4 heteroatoms. The molecule has 0 bridgehead atoms. The average molecular weight is 337 g/mol. The first-order valence-electron chi connectivity index (χ1n) is 6.58. The van der Waals surface area contributed by atoms with Crippen molar-refractivity contribution in [2.75, 3.05) is 13.2 Å². The second-order valence-corrected chi connectivity index (χ2v) is 4.89. The predicted molar refractivity (Wildman–Crippen MR) is 81.8 cm³/mol. The van der Waals surface area contributed by atoms with Gasteiger partial charge in [0.2, 0.25) is 0 Å². The third-order valence-corrected chi connectivity index (χ3v) is 3.43. The molecule has 0 aliphatic carbocycles. The molecule has 1 aromatic carbocycles. The highest BCUT2D eigenvalue weighted by atomic mass is 79.9. The van der Waals surface area contributed by atoms with E-state index in [-0.39, 0.29) is 17.0 Å². The van der Waals surface area contributed by atoms with Crippen LogP contribution in [-0.4, -0.2) is 13.2 Å². The molecule has 1 aliphatic rings. The fourth-order valence-corrected chi connectivity index (χ4v) is 2.36.